The maximum absolute atomic E-state index is 12.9. The third-order valence-electron chi connectivity index (χ3n) is 4.43. The van der Waals surface area contributed by atoms with Crippen LogP contribution in [0, 0.1) is 5.82 Å². The first-order chi connectivity index (χ1) is 11.4. The Morgan fingerprint density at radius 2 is 1.92 bits per heavy atom. The summed E-state index contributed by atoms with van der Waals surface area (Å²) < 4.78 is 18.3. The van der Waals surface area contributed by atoms with Gasteiger partial charge >= 0.3 is 5.97 Å². The number of carbonyl (C=O) groups excluding carboxylic acids is 2. The Morgan fingerprint density at radius 1 is 1.25 bits per heavy atom. The van der Waals surface area contributed by atoms with Crippen LogP contribution in [0.25, 0.3) is 0 Å². The number of nitrogens with one attached hydrogen (secondary N) is 1. The lowest BCUT2D eigenvalue weighted by Crippen LogP contribution is -2.46. The summed E-state index contributed by atoms with van der Waals surface area (Å²) in [6, 6.07) is 5.36. The fourth-order valence-corrected chi connectivity index (χ4v) is 2.84. The normalized spacial score (nSPS) is 20.9. The zero-order chi connectivity index (χ0) is 17.7. The van der Waals surface area contributed by atoms with Crippen LogP contribution in [0.2, 0.25) is 0 Å². The molecule has 1 fully saturated rings. The van der Waals surface area contributed by atoms with Crippen molar-refractivity contribution in [3.05, 3.63) is 35.6 Å². The van der Waals surface area contributed by atoms with E-state index in [4.69, 9.17) is 4.74 Å². The molecule has 1 aromatic rings. The largest absolute Gasteiger partial charge is 0.451 e. The van der Waals surface area contributed by atoms with E-state index in [-0.39, 0.29) is 29.8 Å². The predicted octanol–water partition coefficient (Wildman–Crippen LogP) is 2.42. The van der Waals surface area contributed by atoms with E-state index in [2.05, 4.69) is 5.32 Å². The number of halogens is 1. The number of benzene rings is 1. The van der Waals surface area contributed by atoms with Crippen molar-refractivity contribution in [2.75, 3.05) is 13.6 Å². The van der Waals surface area contributed by atoms with Crippen molar-refractivity contribution in [2.24, 2.45) is 0 Å². The number of amides is 1. The van der Waals surface area contributed by atoms with Gasteiger partial charge in [-0.1, -0.05) is 18.6 Å². The Bertz CT molecular complexity index is 576. The van der Waals surface area contributed by atoms with Crippen LogP contribution >= 0.6 is 0 Å². The van der Waals surface area contributed by atoms with Gasteiger partial charge in [-0.15, -0.1) is 0 Å². The maximum atomic E-state index is 12.9. The Kier molecular flexibility index (Phi) is 6.31. The van der Waals surface area contributed by atoms with Crippen molar-refractivity contribution < 1.29 is 18.7 Å². The molecule has 24 heavy (non-hydrogen) atoms. The van der Waals surface area contributed by atoms with Crippen LogP contribution in [-0.4, -0.2) is 42.5 Å². The lowest BCUT2D eigenvalue weighted by molar-refractivity contribution is -0.160. The van der Waals surface area contributed by atoms with E-state index < -0.39 is 6.10 Å². The van der Waals surface area contributed by atoms with Gasteiger partial charge in [0.25, 0.3) is 5.91 Å². The zero-order valence-electron chi connectivity index (χ0n) is 14.4. The standard InChI is InChI=1S/C18H25FN2O3/c1-12(14-7-9-15(19)10-8-14)20-17(22)13(2)24-18(23)16-6-4-5-11-21(16)3/h7-10,12-13,16H,4-6,11H2,1-3H3,(H,20,22)/t12-,13-,16-/m0/s1. The summed E-state index contributed by atoms with van der Waals surface area (Å²) in [5.41, 5.74) is 0.787. The van der Waals surface area contributed by atoms with Crippen LogP contribution < -0.4 is 5.32 Å². The number of carbonyl (C=O) groups is 2. The lowest BCUT2D eigenvalue weighted by Gasteiger charge is -2.31. The molecule has 0 saturated carbocycles. The van der Waals surface area contributed by atoms with Gasteiger partial charge in [-0.2, -0.15) is 0 Å². The predicted molar refractivity (Wildman–Crippen MR) is 88.8 cm³/mol. The highest BCUT2D eigenvalue weighted by Crippen LogP contribution is 2.17. The molecule has 0 radical (unpaired) electrons. The molecule has 1 N–H and O–H groups in total. The fourth-order valence-electron chi connectivity index (χ4n) is 2.84. The molecular formula is C18H25FN2O3. The second-order valence-electron chi connectivity index (χ2n) is 6.35. The average molecular weight is 336 g/mol. The van der Waals surface area contributed by atoms with Crippen LogP contribution in [0.3, 0.4) is 0 Å². The van der Waals surface area contributed by atoms with E-state index in [9.17, 15) is 14.0 Å². The first kappa shape index (κ1) is 18.4. The molecular weight excluding hydrogens is 311 g/mol. The summed E-state index contributed by atoms with van der Waals surface area (Å²) in [6.07, 6.45) is 1.96. The first-order valence-electron chi connectivity index (χ1n) is 8.35. The second-order valence-corrected chi connectivity index (χ2v) is 6.35. The first-order valence-corrected chi connectivity index (χ1v) is 8.35. The summed E-state index contributed by atoms with van der Waals surface area (Å²) in [4.78, 5) is 26.4. The molecule has 1 saturated heterocycles. The van der Waals surface area contributed by atoms with Crippen LogP contribution in [0.1, 0.15) is 44.7 Å². The molecule has 0 aliphatic carbocycles. The van der Waals surface area contributed by atoms with Gasteiger partial charge in [-0.25, -0.2) is 4.39 Å². The highest BCUT2D eigenvalue weighted by atomic mass is 19.1. The van der Waals surface area contributed by atoms with Gasteiger partial charge in [-0.05, 0) is 58.0 Å². The molecule has 1 heterocycles. The molecule has 3 atom stereocenters. The average Bonchev–Trinajstić information content (AvgIpc) is 2.55. The van der Waals surface area contributed by atoms with E-state index in [0.717, 1.165) is 31.4 Å². The van der Waals surface area contributed by atoms with E-state index in [0.29, 0.717) is 0 Å². The van der Waals surface area contributed by atoms with E-state index >= 15 is 0 Å². The molecule has 0 bridgehead atoms. The van der Waals surface area contributed by atoms with Crippen LogP contribution in [-0.2, 0) is 14.3 Å². The summed E-state index contributed by atoms with van der Waals surface area (Å²) in [5.74, 6) is -1.04. The highest BCUT2D eigenvalue weighted by Gasteiger charge is 2.30. The van der Waals surface area contributed by atoms with Gasteiger partial charge in [-0.3, -0.25) is 14.5 Å². The van der Waals surface area contributed by atoms with E-state index in [1.807, 2.05) is 11.9 Å². The molecule has 1 aliphatic rings. The minimum Gasteiger partial charge on any atom is -0.451 e. The number of rotatable bonds is 5. The number of hydrogen-bond donors (Lipinski definition) is 1. The zero-order valence-corrected chi connectivity index (χ0v) is 14.4. The molecule has 1 amide bonds. The van der Waals surface area contributed by atoms with Crippen molar-refractivity contribution in [3.8, 4) is 0 Å². The summed E-state index contributed by atoms with van der Waals surface area (Å²) in [5, 5.41) is 2.78. The van der Waals surface area contributed by atoms with Crippen molar-refractivity contribution in [1.29, 1.82) is 0 Å². The third kappa shape index (κ3) is 4.77. The summed E-state index contributed by atoms with van der Waals surface area (Å²) >= 11 is 0. The number of ether oxygens (including phenoxy) is 1. The van der Waals surface area contributed by atoms with Gasteiger partial charge in [0.2, 0.25) is 0 Å². The van der Waals surface area contributed by atoms with Crippen LogP contribution in [0.5, 0.6) is 0 Å². The van der Waals surface area contributed by atoms with Crippen molar-refractivity contribution in [2.45, 2.75) is 51.3 Å². The van der Waals surface area contributed by atoms with Gasteiger partial charge in [0.15, 0.2) is 6.10 Å². The molecule has 132 valence electrons. The minimum absolute atomic E-state index is 0.275. The minimum atomic E-state index is -0.865. The van der Waals surface area contributed by atoms with E-state index in [1.165, 1.54) is 12.1 Å². The number of nitrogens with zero attached hydrogens (tertiary/aromatic N) is 1. The van der Waals surface area contributed by atoms with E-state index in [1.54, 1.807) is 26.0 Å². The van der Waals surface area contributed by atoms with Crippen LogP contribution in [0.15, 0.2) is 24.3 Å². The second kappa shape index (κ2) is 8.24. The number of piperidine rings is 1. The maximum Gasteiger partial charge on any atom is 0.324 e. The molecule has 1 aliphatic heterocycles. The highest BCUT2D eigenvalue weighted by molar-refractivity contribution is 5.85. The quantitative estimate of drug-likeness (QED) is 0.839. The fraction of sp³-hybridized carbons (Fsp3) is 0.556. The van der Waals surface area contributed by atoms with Gasteiger partial charge in [0.05, 0.1) is 6.04 Å². The molecule has 0 aromatic heterocycles. The molecule has 6 heteroatoms. The van der Waals surface area contributed by atoms with Crippen molar-refractivity contribution in [3.63, 3.8) is 0 Å². The van der Waals surface area contributed by atoms with Gasteiger partial charge in [0, 0.05) is 0 Å². The number of likely N-dealkylation sites (N-methyl/N-ethyl adjacent to an activating group) is 1. The van der Waals surface area contributed by atoms with Gasteiger partial charge < -0.3 is 10.1 Å². The molecule has 1 aromatic carbocycles. The Hall–Kier alpha value is -1.95. The molecule has 0 unspecified atom stereocenters. The number of esters is 1. The van der Waals surface area contributed by atoms with Crippen LogP contribution in [0.4, 0.5) is 4.39 Å². The van der Waals surface area contributed by atoms with Crippen molar-refractivity contribution >= 4 is 11.9 Å². The summed E-state index contributed by atoms with van der Waals surface area (Å²) in [6.45, 7) is 4.23. The Labute approximate surface area is 142 Å². The SMILES string of the molecule is C[C@H](OC(=O)[C@@H]1CCCCN1C)C(=O)N[C@@H](C)c1ccc(F)cc1. The summed E-state index contributed by atoms with van der Waals surface area (Å²) in [7, 11) is 1.90. The lowest BCUT2D eigenvalue weighted by atomic mass is 10.0. The topological polar surface area (TPSA) is 58.6 Å². The number of hydrogen-bond acceptors (Lipinski definition) is 4. The van der Waals surface area contributed by atoms with Crippen molar-refractivity contribution in [1.82, 2.24) is 10.2 Å². The Balaban J connectivity index is 1.87. The smallest absolute Gasteiger partial charge is 0.324 e. The van der Waals surface area contributed by atoms with Gasteiger partial charge in [0.1, 0.15) is 11.9 Å². The molecule has 5 nitrogen and oxygen atoms in total. The molecule has 2 rings (SSSR count). The monoisotopic (exact) mass is 336 g/mol. The Morgan fingerprint density at radius 3 is 2.54 bits per heavy atom. The third-order valence-corrected chi connectivity index (χ3v) is 4.43. The molecule has 0 spiro atoms. The number of likely N-dealkylation sites (tertiary alicyclic amines) is 1.